The second kappa shape index (κ2) is 8.02. The van der Waals surface area contributed by atoms with Crippen LogP contribution in [0.3, 0.4) is 0 Å². The van der Waals surface area contributed by atoms with Gasteiger partial charge in [0.1, 0.15) is 17.1 Å². The predicted octanol–water partition coefficient (Wildman–Crippen LogP) is 3.35. The number of carbonyl (C=O) groups is 1. The van der Waals surface area contributed by atoms with Gasteiger partial charge in [0.2, 0.25) is 0 Å². The highest BCUT2D eigenvalue weighted by atomic mass is 16.5. The third-order valence-electron chi connectivity index (χ3n) is 5.26. The van der Waals surface area contributed by atoms with Crippen LogP contribution >= 0.6 is 0 Å². The maximum absolute atomic E-state index is 12.2. The molecule has 0 unspecified atom stereocenters. The molecule has 1 aliphatic rings. The number of amides is 1. The van der Waals surface area contributed by atoms with E-state index in [9.17, 15) is 14.7 Å². The van der Waals surface area contributed by atoms with E-state index in [4.69, 9.17) is 9.15 Å². The van der Waals surface area contributed by atoms with Gasteiger partial charge in [-0.1, -0.05) is 6.07 Å². The molecule has 1 amide bonds. The first-order chi connectivity index (χ1) is 14.4. The fourth-order valence-electron chi connectivity index (χ4n) is 3.76. The number of nitrogens with one attached hydrogen (secondary N) is 1. The molecular weight excluding hydrogens is 384 g/mol. The summed E-state index contributed by atoms with van der Waals surface area (Å²) in [5, 5.41) is 15.3. The number of benzene rings is 2. The van der Waals surface area contributed by atoms with Crippen molar-refractivity contribution in [2.75, 3.05) is 6.61 Å². The number of rotatable bonds is 4. The quantitative estimate of drug-likeness (QED) is 0.511. The molecule has 30 heavy (non-hydrogen) atoms. The molecule has 2 aromatic carbocycles. The molecule has 7 nitrogen and oxygen atoms in total. The Morgan fingerprint density at radius 1 is 1.17 bits per heavy atom. The topological polar surface area (TPSA) is 101 Å². The molecule has 0 spiro atoms. The van der Waals surface area contributed by atoms with Crippen LogP contribution in [-0.2, 0) is 11.2 Å². The zero-order chi connectivity index (χ0) is 21.3. The van der Waals surface area contributed by atoms with Gasteiger partial charge in [-0.25, -0.2) is 10.2 Å². The number of ether oxygens (including phenoxy) is 1. The van der Waals surface area contributed by atoms with Crippen molar-refractivity contribution in [3.63, 3.8) is 0 Å². The van der Waals surface area contributed by atoms with Crippen molar-refractivity contribution in [3.8, 4) is 11.5 Å². The average molecular weight is 406 g/mol. The molecule has 0 fully saturated rings. The molecule has 7 heteroatoms. The Morgan fingerprint density at radius 3 is 2.83 bits per heavy atom. The zero-order valence-electron chi connectivity index (χ0n) is 16.8. The van der Waals surface area contributed by atoms with Crippen molar-refractivity contribution in [2.45, 2.75) is 33.1 Å². The third-order valence-corrected chi connectivity index (χ3v) is 5.26. The maximum atomic E-state index is 12.2. The van der Waals surface area contributed by atoms with E-state index in [1.165, 1.54) is 6.07 Å². The van der Waals surface area contributed by atoms with Gasteiger partial charge in [0.05, 0.1) is 5.71 Å². The molecule has 0 bridgehead atoms. The van der Waals surface area contributed by atoms with Gasteiger partial charge in [-0.2, -0.15) is 5.10 Å². The van der Waals surface area contributed by atoms with Crippen molar-refractivity contribution in [3.05, 3.63) is 69.1 Å². The van der Waals surface area contributed by atoms with Gasteiger partial charge < -0.3 is 14.3 Å². The number of phenols is 1. The molecule has 1 aromatic heterocycles. The van der Waals surface area contributed by atoms with Gasteiger partial charge in [-0.05, 0) is 68.0 Å². The minimum atomic E-state index is -0.433. The number of hydrogen-bond acceptors (Lipinski definition) is 6. The Hall–Kier alpha value is -3.61. The molecule has 1 heterocycles. The van der Waals surface area contributed by atoms with E-state index in [0.717, 1.165) is 34.9 Å². The smallest absolute Gasteiger partial charge is 0.336 e. The lowest BCUT2D eigenvalue weighted by Gasteiger charge is -2.21. The largest absolute Gasteiger partial charge is 0.507 e. The standard InChI is InChI=1S/C23H22N2O5/c1-13-6-9-19(26)23-17(13)4-3-5-18(23)24-25-21(27)12-29-15-7-8-16-14(2)10-22(28)30-20(16)11-15/h6-11,26H,3-5,12H2,1-2H3,(H,25,27)/b24-18+. The highest BCUT2D eigenvalue weighted by molar-refractivity contribution is 6.05. The lowest BCUT2D eigenvalue weighted by molar-refractivity contribution is -0.123. The monoisotopic (exact) mass is 406 g/mol. The fourth-order valence-corrected chi connectivity index (χ4v) is 3.76. The summed E-state index contributed by atoms with van der Waals surface area (Å²) in [7, 11) is 0. The van der Waals surface area contributed by atoms with Crippen LogP contribution in [0.15, 0.2) is 50.7 Å². The molecule has 0 radical (unpaired) electrons. The third kappa shape index (κ3) is 3.91. The highest BCUT2D eigenvalue weighted by Crippen LogP contribution is 2.31. The Labute approximate surface area is 173 Å². The molecule has 4 rings (SSSR count). The number of aromatic hydroxyl groups is 1. The van der Waals surface area contributed by atoms with Crippen LogP contribution in [0.2, 0.25) is 0 Å². The van der Waals surface area contributed by atoms with Crippen LogP contribution in [0.25, 0.3) is 11.0 Å². The lowest BCUT2D eigenvalue weighted by atomic mass is 9.86. The molecule has 0 saturated heterocycles. The summed E-state index contributed by atoms with van der Waals surface area (Å²) >= 11 is 0. The summed E-state index contributed by atoms with van der Waals surface area (Å²) in [6.07, 6.45) is 2.46. The van der Waals surface area contributed by atoms with Crippen LogP contribution in [0.4, 0.5) is 0 Å². The van der Waals surface area contributed by atoms with Crippen molar-refractivity contribution < 1.29 is 19.1 Å². The number of phenolic OH excluding ortho intramolecular Hbond substituents is 1. The first-order valence-electron chi connectivity index (χ1n) is 9.77. The SMILES string of the molecule is Cc1ccc(O)c2c1CCC/C2=N\NC(=O)COc1ccc2c(C)cc(=O)oc2c1. The minimum Gasteiger partial charge on any atom is -0.507 e. The van der Waals surface area contributed by atoms with Crippen molar-refractivity contribution in [2.24, 2.45) is 5.10 Å². The summed E-state index contributed by atoms with van der Waals surface area (Å²) in [6.45, 7) is 3.58. The van der Waals surface area contributed by atoms with E-state index in [2.05, 4.69) is 10.5 Å². The van der Waals surface area contributed by atoms with Crippen LogP contribution in [0, 0.1) is 13.8 Å². The van der Waals surface area contributed by atoms with Gasteiger partial charge in [0, 0.05) is 23.1 Å². The van der Waals surface area contributed by atoms with Crippen LogP contribution in [0.5, 0.6) is 11.5 Å². The minimum absolute atomic E-state index is 0.174. The van der Waals surface area contributed by atoms with E-state index in [1.54, 1.807) is 24.3 Å². The van der Waals surface area contributed by atoms with Crippen LogP contribution in [-0.4, -0.2) is 23.3 Å². The van der Waals surface area contributed by atoms with E-state index in [1.807, 2.05) is 19.9 Å². The number of nitrogens with zero attached hydrogens (tertiary/aromatic N) is 1. The van der Waals surface area contributed by atoms with Gasteiger partial charge in [0.25, 0.3) is 5.91 Å². The van der Waals surface area contributed by atoms with Crippen LogP contribution in [0.1, 0.15) is 35.1 Å². The maximum Gasteiger partial charge on any atom is 0.336 e. The molecule has 3 aromatic rings. The Kier molecular flexibility index (Phi) is 5.27. The van der Waals surface area contributed by atoms with Crippen molar-refractivity contribution in [1.82, 2.24) is 5.43 Å². The number of hydrazone groups is 1. The van der Waals surface area contributed by atoms with E-state index < -0.39 is 11.5 Å². The molecule has 0 saturated carbocycles. The lowest BCUT2D eigenvalue weighted by Crippen LogP contribution is -2.27. The van der Waals surface area contributed by atoms with Gasteiger partial charge in [0.15, 0.2) is 6.61 Å². The molecule has 1 aliphatic carbocycles. The summed E-state index contributed by atoms with van der Waals surface area (Å²) in [6, 6.07) is 10.0. The first-order valence-corrected chi connectivity index (χ1v) is 9.77. The molecular formula is C23H22N2O5. The second-order valence-electron chi connectivity index (χ2n) is 7.40. The fraction of sp³-hybridized carbons (Fsp3) is 0.261. The van der Waals surface area contributed by atoms with Crippen LogP contribution < -0.4 is 15.8 Å². The number of fused-ring (bicyclic) bond motifs is 2. The van der Waals surface area contributed by atoms with Gasteiger partial charge in [-0.3, -0.25) is 4.79 Å². The molecule has 0 aliphatic heterocycles. The Balaban J connectivity index is 1.45. The second-order valence-corrected chi connectivity index (χ2v) is 7.40. The zero-order valence-corrected chi connectivity index (χ0v) is 16.8. The summed E-state index contributed by atoms with van der Waals surface area (Å²) in [4.78, 5) is 23.8. The first kappa shape index (κ1) is 19.7. The van der Waals surface area contributed by atoms with E-state index in [-0.39, 0.29) is 12.4 Å². The van der Waals surface area contributed by atoms with Gasteiger partial charge in [-0.15, -0.1) is 0 Å². The van der Waals surface area contributed by atoms with Crippen molar-refractivity contribution in [1.29, 1.82) is 0 Å². The molecule has 0 atom stereocenters. The summed E-state index contributed by atoms with van der Waals surface area (Å²) < 4.78 is 10.7. The molecule has 154 valence electrons. The normalized spacial score (nSPS) is 14.5. The predicted molar refractivity (Wildman–Crippen MR) is 113 cm³/mol. The summed E-state index contributed by atoms with van der Waals surface area (Å²) in [5.41, 5.74) is 6.83. The van der Waals surface area contributed by atoms with E-state index >= 15 is 0 Å². The number of carbonyl (C=O) groups excluding carboxylic acids is 1. The molecule has 2 N–H and O–H groups in total. The average Bonchev–Trinajstić information content (AvgIpc) is 2.73. The Bertz CT molecular complexity index is 1230. The number of hydrogen-bond donors (Lipinski definition) is 2. The Morgan fingerprint density at radius 2 is 2.00 bits per heavy atom. The summed E-state index contributed by atoms with van der Waals surface area (Å²) in [5.74, 6) is 0.162. The highest BCUT2D eigenvalue weighted by Gasteiger charge is 2.21. The van der Waals surface area contributed by atoms with Crippen molar-refractivity contribution >= 4 is 22.6 Å². The van der Waals surface area contributed by atoms with E-state index in [0.29, 0.717) is 29.0 Å². The number of aryl methyl sites for hydroxylation is 2. The van der Waals surface area contributed by atoms with Gasteiger partial charge >= 0.3 is 5.63 Å².